The Morgan fingerprint density at radius 2 is 1.46 bits per heavy atom. The van der Waals surface area contributed by atoms with Crippen LogP contribution >= 0.6 is 0 Å². The number of hydrogen-bond donors (Lipinski definition) is 1. The largest absolute Gasteiger partial charge is 0.496 e. The average Bonchev–Trinajstić information content (AvgIpc) is 2.58. The van der Waals surface area contributed by atoms with Crippen LogP contribution in [0.25, 0.3) is 12.2 Å². The molecule has 0 amide bonds. The summed E-state index contributed by atoms with van der Waals surface area (Å²) in [6, 6.07) is 10.7. The summed E-state index contributed by atoms with van der Waals surface area (Å²) in [6.07, 6.45) is 3.87. The number of hydrogen-bond acceptors (Lipinski definition) is 3. The monoisotopic (exact) mass is 326 g/mol. The summed E-state index contributed by atoms with van der Waals surface area (Å²) in [6.45, 7) is 4.19. The number of carboxylic acid groups (broad SMARTS) is 1. The summed E-state index contributed by atoms with van der Waals surface area (Å²) < 4.78 is 11.0. The van der Waals surface area contributed by atoms with Gasteiger partial charge < -0.3 is 14.6 Å². The van der Waals surface area contributed by atoms with Gasteiger partial charge in [0.1, 0.15) is 11.5 Å². The highest BCUT2D eigenvalue weighted by Gasteiger charge is 2.14. The number of benzene rings is 2. The Hall–Kier alpha value is -2.75. The fourth-order valence-electron chi connectivity index (χ4n) is 2.55. The number of aromatic carboxylic acids is 1. The first-order chi connectivity index (χ1) is 11.5. The number of carbonyl (C=O) groups is 1. The van der Waals surface area contributed by atoms with Gasteiger partial charge in [0.15, 0.2) is 0 Å². The molecule has 0 aliphatic carbocycles. The smallest absolute Gasteiger partial charge is 0.335 e. The fraction of sp³-hybridized carbons (Fsp3) is 0.250. The maximum Gasteiger partial charge on any atom is 0.335 e. The van der Waals surface area contributed by atoms with Gasteiger partial charge in [0.25, 0.3) is 0 Å². The van der Waals surface area contributed by atoms with Crippen molar-refractivity contribution in [3.8, 4) is 11.5 Å². The Balaban J connectivity index is 2.33. The van der Waals surface area contributed by atoms with Crippen LogP contribution in [0.2, 0.25) is 0 Å². The zero-order valence-electron chi connectivity index (χ0n) is 14.4. The Labute approximate surface area is 142 Å². The first-order valence-electron chi connectivity index (χ1n) is 7.73. The van der Waals surface area contributed by atoms with E-state index in [9.17, 15) is 4.79 Å². The molecule has 0 aliphatic heterocycles. The van der Waals surface area contributed by atoms with E-state index in [-0.39, 0.29) is 11.5 Å². The standard InChI is InChI=1S/C20H22O4/c1-13(2)19-17(23-3)11-15(12-18(19)24-4)6-5-14-7-9-16(10-8-14)20(21)22/h5-13H,1-4H3,(H,21,22). The predicted molar refractivity (Wildman–Crippen MR) is 96.0 cm³/mol. The van der Waals surface area contributed by atoms with Gasteiger partial charge in [-0.1, -0.05) is 38.1 Å². The zero-order chi connectivity index (χ0) is 17.7. The van der Waals surface area contributed by atoms with Gasteiger partial charge in [0.05, 0.1) is 19.8 Å². The van der Waals surface area contributed by atoms with E-state index in [1.807, 2.05) is 24.3 Å². The number of carboxylic acids is 1. The van der Waals surface area contributed by atoms with Gasteiger partial charge in [-0.2, -0.15) is 0 Å². The molecule has 0 unspecified atom stereocenters. The van der Waals surface area contributed by atoms with Gasteiger partial charge in [-0.15, -0.1) is 0 Å². The van der Waals surface area contributed by atoms with Gasteiger partial charge in [-0.05, 0) is 41.3 Å². The normalized spacial score (nSPS) is 11.0. The van der Waals surface area contributed by atoms with Gasteiger partial charge >= 0.3 is 5.97 Å². The fourth-order valence-corrected chi connectivity index (χ4v) is 2.55. The van der Waals surface area contributed by atoms with Gasteiger partial charge in [-0.3, -0.25) is 0 Å². The molecular formula is C20H22O4. The van der Waals surface area contributed by atoms with Crippen LogP contribution < -0.4 is 9.47 Å². The van der Waals surface area contributed by atoms with Crippen LogP contribution in [0.5, 0.6) is 11.5 Å². The molecule has 24 heavy (non-hydrogen) atoms. The topological polar surface area (TPSA) is 55.8 Å². The van der Waals surface area contributed by atoms with Crippen molar-refractivity contribution in [1.29, 1.82) is 0 Å². The summed E-state index contributed by atoms with van der Waals surface area (Å²) in [5.41, 5.74) is 3.20. The summed E-state index contributed by atoms with van der Waals surface area (Å²) in [5, 5.41) is 8.92. The van der Waals surface area contributed by atoms with Crippen LogP contribution in [-0.4, -0.2) is 25.3 Å². The van der Waals surface area contributed by atoms with Crippen molar-refractivity contribution >= 4 is 18.1 Å². The summed E-state index contributed by atoms with van der Waals surface area (Å²) in [5.74, 6) is 0.955. The third-order valence-electron chi connectivity index (χ3n) is 3.77. The van der Waals surface area contributed by atoms with E-state index in [0.717, 1.165) is 28.2 Å². The van der Waals surface area contributed by atoms with Crippen LogP contribution in [0.3, 0.4) is 0 Å². The van der Waals surface area contributed by atoms with E-state index in [4.69, 9.17) is 14.6 Å². The van der Waals surface area contributed by atoms with E-state index in [2.05, 4.69) is 13.8 Å². The zero-order valence-corrected chi connectivity index (χ0v) is 14.4. The van der Waals surface area contributed by atoms with E-state index >= 15 is 0 Å². The Bertz CT molecular complexity index is 718. The Kier molecular flexibility index (Phi) is 5.64. The van der Waals surface area contributed by atoms with Gasteiger partial charge in [0, 0.05) is 5.56 Å². The van der Waals surface area contributed by atoms with Crippen LogP contribution in [0, 0.1) is 0 Å². The third kappa shape index (κ3) is 3.96. The quantitative estimate of drug-likeness (QED) is 0.782. The highest BCUT2D eigenvalue weighted by atomic mass is 16.5. The van der Waals surface area contributed by atoms with Crippen molar-refractivity contribution in [3.05, 3.63) is 58.7 Å². The molecule has 0 spiro atoms. The predicted octanol–water partition coefficient (Wildman–Crippen LogP) is 4.70. The lowest BCUT2D eigenvalue weighted by molar-refractivity contribution is 0.0697. The lowest BCUT2D eigenvalue weighted by Gasteiger charge is -2.17. The summed E-state index contributed by atoms with van der Waals surface area (Å²) in [7, 11) is 3.30. The molecule has 4 nitrogen and oxygen atoms in total. The first kappa shape index (κ1) is 17.6. The van der Waals surface area contributed by atoms with Crippen molar-refractivity contribution in [2.24, 2.45) is 0 Å². The molecule has 0 bridgehead atoms. The van der Waals surface area contributed by atoms with Crippen LogP contribution in [-0.2, 0) is 0 Å². The molecule has 0 aromatic heterocycles. The molecule has 1 N–H and O–H groups in total. The summed E-state index contributed by atoms with van der Waals surface area (Å²) in [4.78, 5) is 10.9. The SMILES string of the molecule is COc1cc(C=Cc2ccc(C(=O)O)cc2)cc(OC)c1C(C)C. The molecule has 4 heteroatoms. The van der Waals surface area contributed by atoms with Crippen LogP contribution in [0.1, 0.15) is 46.8 Å². The average molecular weight is 326 g/mol. The lowest BCUT2D eigenvalue weighted by atomic mass is 9.98. The molecule has 0 saturated heterocycles. The van der Waals surface area contributed by atoms with E-state index in [1.165, 1.54) is 0 Å². The second-order valence-electron chi connectivity index (χ2n) is 5.75. The maximum atomic E-state index is 10.9. The van der Waals surface area contributed by atoms with Crippen molar-refractivity contribution in [1.82, 2.24) is 0 Å². The van der Waals surface area contributed by atoms with Crippen molar-refractivity contribution in [3.63, 3.8) is 0 Å². The molecule has 0 heterocycles. The molecule has 0 atom stereocenters. The highest BCUT2D eigenvalue weighted by molar-refractivity contribution is 5.88. The van der Waals surface area contributed by atoms with Crippen molar-refractivity contribution in [2.45, 2.75) is 19.8 Å². The third-order valence-corrected chi connectivity index (χ3v) is 3.77. The number of rotatable bonds is 6. The first-order valence-corrected chi connectivity index (χ1v) is 7.73. The Morgan fingerprint density at radius 3 is 1.88 bits per heavy atom. The molecule has 0 aliphatic rings. The molecule has 2 rings (SSSR count). The van der Waals surface area contributed by atoms with E-state index in [1.54, 1.807) is 38.5 Å². The highest BCUT2D eigenvalue weighted by Crippen LogP contribution is 2.36. The van der Waals surface area contributed by atoms with Crippen LogP contribution in [0.4, 0.5) is 0 Å². The second kappa shape index (κ2) is 7.68. The molecule has 0 radical (unpaired) electrons. The van der Waals surface area contributed by atoms with Gasteiger partial charge in [0.2, 0.25) is 0 Å². The maximum absolute atomic E-state index is 10.9. The molecular weight excluding hydrogens is 304 g/mol. The number of ether oxygens (including phenoxy) is 2. The molecule has 0 saturated carbocycles. The molecule has 0 fully saturated rings. The lowest BCUT2D eigenvalue weighted by Crippen LogP contribution is -1.99. The minimum absolute atomic E-state index is 0.275. The van der Waals surface area contributed by atoms with E-state index < -0.39 is 5.97 Å². The molecule has 2 aromatic rings. The van der Waals surface area contributed by atoms with Crippen molar-refractivity contribution in [2.75, 3.05) is 14.2 Å². The van der Waals surface area contributed by atoms with Crippen LogP contribution in [0.15, 0.2) is 36.4 Å². The minimum atomic E-state index is -0.927. The molecule has 2 aromatic carbocycles. The van der Waals surface area contributed by atoms with Gasteiger partial charge in [-0.25, -0.2) is 4.79 Å². The Morgan fingerprint density at radius 1 is 0.958 bits per heavy atom. The minimum Gasteiger partial charge on any atom is -0.496 e. The molecule has 126 valence electrons. The summed E-state index contributed by atoms with van der Waals surface area (Å²) >= 11 is 0. The van der Waals surface area contributed by atoms with Crippen molar-refractivity contribution < 1.29 is 19.4 Å². The number of methoxy groups -OCH3 is 2. The van der Waals surface area contributed by atoms with E-state index in [0.29, 0.717) is 0 Å². The second-order valence-corrected chi connectivity index (χ2v) is 5.75.